The third kappa shape index (κ3) is 5.46. The van der Waals surface area contributed by atoms with Gasteiger partial charge in [-0.1, -0.05) is 38.1 Å². The van der Waals surface area contributed by atoms with E-state index in [1.807, 2.05) is 43.3 Å². The van der Waals surface area contributed by atoms with Gasteiger partial charge in [0, 0.05) is 12.0 Å². The second kappa shape index (κ2) is 9.57. The monoisotopic (exact) mass is 360 g/mol. The van der Waals surface area contributed by atoms with Crippen LogP contribution in [-0.2, 0) is 10.2 Å². The fraction of sp³-hybridized carbons (Fsp3) is 0.429. The maximum atomic E-state index is 9.35. The van der Waals surface area contributed by atoms with Gasteiger partial charge in [-0.05, 0) is 42.3 Å². The van der Waals surface area contributed by atoms with Crippen LogP contribution in [0.1, 0.15) is 31.9 Å². The van der Waals surface area contributed by atoms with E-state index in [0.717, 1.165) is 11.3 Å². The lowest BCUT2D eigenvalue weighted by atomic mass is 9.78. The lowest BCUT2D eigenvalue weighted by Gasteiger charge is -2.26. The summed E-state index contributed by atoms with van der Waals surface area (Å²) < 4.78 is 16.2. The lowest BCUT2D eigenvalue weighted by molar-refractivity contribution is 0.0224. The van der Waals surface area contributed by atoms with Crippen molar-refractivity contribution in [1.82, 2.24) is 0 Å². The largest absolute Gasteiger partial charge is 0.491 e. The summed E-state index contributed by atoms with van der Waals surface area (Å²) in [4.78, 5) is 0. The third-order valence-electron chi connectivity index (χ3n) is 4.32. The van der Waals surface area contributed by atoms with E-state index in [1.165, 1.54) is 5.56 Å². The predicted octanol–water partition coefficient (Wildman–Crippen LogP) is 3.12. The molecule has 0 heterocycles. The molecule has 5 nitrogen and oxygen atoms in total. The molecule has 1 unspecified atom stereocenters. The highest BCUT2D eigenvalue weighted by Crippen LogP contribution is 2.33. The molecule has 0 aliphatic heterocycles. The van der Waals surface area contributed by atoms with Crippen LogP contribution in [0.3, 0.4) is 0 Å². The summed E-state index contributed by atoms with van der Waals surface area (Å²) in [6.45, 7) is 6.90. The molecule has 0 aliphatic rings. The van der Waals surface area contributed by atoms with E-state index < -0.39 is 6.10 Å². The van der Waals surface area contributed by atoms with Gasteiger partial charge in [0.1, 0.15) is 24.2 Å². The lowest BCUT2D eigenvalue weighted by Crippen LogP contribution is -2.21. The van der Waals surface area contributed by atoms with Crippen LogP contribution in [-0.4, -0.2) is 42.9 Å². The van der Waals surface area contributed by atoms with Gasteiger partial charge in [-0.15, -0.1) is 0 Å². The molecule has 142 valence electrons. The summed E-state index contributed by atoms with van der Waals surface area (Å²) in [6, 6.07) is 15.8. The molecule has 0 aliphatic carbocycles. The van der Waals surface area contributed by atoms with Crippen LogP contribution in [0.15, 0.2) is 48.5 Å². The topological polar surface area (TPSA) is 68.2 Å². The molecular weight excluding hydrogens is 332 g/mol. The highest BCUT2D eigenvalue weighted by Gasteiger charge is 2.23. The van der Waals surface area contributed by atoms with Crippen molar-refractivity contribution in [3.8, 4) is 11.5 Å². The first kappa shape index (κ1) is 20.2. The number of hydrogen-bond donors (Lipinski definition) is 2. The van der Waals surface area contributed by atoms with Crippen LogP contribution in [0, 0.1) is 0 Å². The summed E-state index contributed by atoms with van der Waals surface area (Å²) in [5, 5.41) is 18.2. The molecule has 0 spiro atoms. The van der Waals surface area contributed by atoms with Crippen LogP contribution in [0.2, 0.25) is 0 Å². The SMILES string of the molecule is CCOCOc1ccc(C(C)(C)c2ccc(OCC(O)CO)cc2)cc1. The van der Waals surface area contributed by atoms with E-state index in [-0.39, 0.29) is 25.4 Å². The minimum Gasteiger partial charge on any atom is -0.491 e. The fourth-order valence-corrected chi connectivity index (χ4v) is 2.54. The van der Waals surface area contributed by atoms with E-state index in [4.69, 9.17) is 19.3 Å². The van der Waals surface area contributed by atoms with E-state index in [1.54, 1.807) is 0 Å². The van der Waals surface area contributed by atoms with Gasteiger partial charge >= 0.3 is 0 Å². The highest BCUT2D eigenvalue weighted by molar-refractivity contribution is 5.41. The molecule has 0 saturated carbocycles. The number of aliphatic hydroxyl groups is 2. The average molecular weight is 360 g/mol. The zero-order valence-electron chi connectivity index (χ0n) is 15.6. The average Bonchev–Trinajstić information content (AvgIpc) is 2.67. The van der Waals surface area contributed by atoms with Gasteiger partial charge in [-0.3, -0.25) is 0 Å². The Kier molecular flexibility index (Phi) is 7.45. The van der Waals surface area contributed by atoms with Crippen LogP contribution in [0.25, 0.3) is 0 Å². The van der Waals surface area contributed by atoms with Crippen molar-refractivity contribution in [3.05, 3.63) is 59.7 Å². The Morgan fingerprint density at radius 3 is 1.85 bits per heavy atom. The molecule has 0 amide bonds. The van der Waals surface area contributed by atoms with Crippen LogP contribution < -0.4 is 9.47 Å². The minimum atomic E-state index is -0.866. The Morgan fingerprint density at radius 1 is 0.885 bits per heavy atom. The first-order valence-corrected chi connectivity index (χ1v) is 8.80. The van der Waals surface area contributed by atoms with E-state index in [2.05, 4.69) is 26.0 Å². The first-order chi connectivity index (χ1) is 12.5. The maximum Gasteiger partial charge on any atom is 0.189 e. The summed E-state index contributed by atoms with van der Waals surface area (Å²) in [6.07, 6.45) is -0.866. The number of hydrogen-bond acceptors (Lipinski definition) is 5. The molecule has 1 atom stereocenters. The molecular formula is C21H28O5. The van der Waals surface area contributed by atoms with Crippen molar-refractivity contribution in [2.75, 3.05) is 26.6 Å². The second-order valence-electron chi connectivity index (χ2n) is 6.58. The van der Waals surface area contributed by atoms with Crippen molar-refractivity contribution in [2.45, 2.75) is 32.3 Å². The molecule has 2 N–H and O–H groups in total. The quantitative estimate of drug-likeness (QED) is 0.503. The smallest absolute Gasteiger partial charge is 0.189 e. The number of benzene rings is 2. The summed E-state index contributed by atoms with van der Waals surface area (Å²) in [7, 11) is 0. The van der Waals surface area contributed by atoms with Gasteiger partial charge in [0.25, 0.3) is 0 Å². The van der Waals surface area contributed by atoms with Crippen molar-refractivity contribution < 1.29 is 24.4 Å². The normalized spacial score (nSPS) is 12.7. The van der Waals surface area contributed by atoms with Gasteiger partial charge < -0.3 is 24.4 Å². The highest BCUT2D eigenvalue weighted by atomic mass is 16.7. The standard InChI is InChI=1S/C21H28O5/c1-4-24-15-26-20-11-7-17(8-12-20)21(2,3)16-5-9-19(10-6-16)25-14-18(23)13-22/h5-12,18,22-23H,4,13-15H2,1-3H3. The first-order valence-electron chi connectivity index (χ1n) is 8.80. The zero-order valence-corrected chi connectivity index (χ0v) is 15.6. The molecule has 0 bridgehead atoms. The number of aliphatic hydroxyl groups excluding tert-OH is 2. The predicted molar refractivity (Wildman–Crippen MR) is 101 cm³/mol. The maximum absolute atomic E-state index is 9.35. The second-order valence-corrected chi connectivity index (χ2v) is 6.58. The summed E-state index contributed by atoms with van der Waals surface area (Å²) in [5.74, 6) is 1.45. The van der Waals surface area contributed by atoms with Gasteiger partial charge in [0.2, 0.25) is 0 Å². The third-order valence-corrected chi connectivity index (χ3v) is 4.32. The Balaban J connectivity index is 2.04. The van der Waals surface area contributed by atoms with Crippen LogP contribution in [0.4, 0.5) is 0 Å². The van der Waals surface area contributed by atoms with Gasteiger partial charge in [-0.2, -0.15) is 0 Å². The molecule has 2 aromatic carbocycles. The fourth-order valence-electron chi connectivity index (χ4n) is 2.54. The van der Waals surface area contributed by atoms with E-state index >= 15 is 0 Å². The molecule has 0 saturated heterocycles. The van der Waals surface area contributed by atoms with E-state index in [0.29, 0.717) is 12.4 Å². The molecule has 2 rings (SSSR count). The molecule has 0 aromatic heterocycles. The minimum absolute atomic E-state index is 0.0719. The molecule has 26 heavy (non-hydrogen) atoms. The summed E-state index contributed by atoms with van der Waals surface area (Å²) in [5.41, 5.74) is 2.14. The zero-order chi connectivity index (χ0) is 19.0. The molecule has 0 radical (unpaired) electrons. The van der Waals surface area contributed by atoms with Gasteiger partial charge in [0.05, 0.1) is 6.61 Å². The molecule has 0 fully saturated rings. The Hall–Kier alpha value is -2.08. The van der Waals surface area contributed by atoms with Crippen LogP contribution in [0.5, 0.6) is 11.5 Å². The summed E-state index contributed by atoms with van der Waals surface area (Å²) >= 11 is 0. The van der Waals surface area contributed by atoms with Gasteiger partial charge in [0.15, 0.2) is 6.79 Å². The van der Waals surface area contributed by atoms with Crippen molar-refractivity contribution >= 4 is 0 Å². The number of ether oxygens (including phenoxy) is 3. The Morgan fingerprint density at radius 2 is 1.38 bits per heavy atom. The molecule has 2 aromatic rings. The van der Waals surface area contributed by atoms with Crippen molar-refractivity contribution in [1.29, 1.82) is 0 Å². The van der Waals surface area contributed by atoms with Crippen molar-refractivity contribution in [3.63, 3.8) is 0 Å². The van der Waals surface area contributed by atoms with Gasteiger partial charge in [-0.25, -0.2) is 0 Å². The van der Waals surface area contributed by atoms with E-state index in [9.17, 15) is 5.11 Å². The van der Waals surface area contributed by atoms with Crippen LogP contribution >= 0.6 is 0 Å². The number of rotatable bonds is 10. The molecule has 5 heteroatoms. The Labute approximate surface area is 155 Å². The van der Waals surface area contributed by atoms with Crippen molar-refractivity contribution in [2.24, 2.45) is 0 Å². The Bertz CT molecular complexity index is 649.